The monoisotopic (exact) mass is 224 g/mol. The lowest BCUT2D eigenvalue weighted by atomic mass is 10.0. The van der Waals surface area contributed by atoms with Crippen LogP contribution in [-0.2, 0) is 10.1 Å². The van der Waals surface area contributed by atoms with E-state index in [1.807, 2.05) is 0 Å². The van der Waals surface area contributed by atoms with Gasteiger partial charge in [0.15, 0.2) is 0 Å². The summed E-state index contributed by atoms with van der Waals surface area (Å²) in [7, 11) is -4.03. The van der Waals surface area contributed by atoms with Crippen LogP contribution in [0.25, 0.3) is 0 Å². The van der Waals surface area contributed by atoms with Crippen molar-refractivity contribution in [2.24, 2.45) is 5.92 Å². The molecule has 0 fully saturated rings. The Morgan fingerprint density at radius 3 is 2.07 bits per heavy atom. The number of aliphatic hydroxyl groups excluding tert-OH is 1. The van der Waals surface area contributed by atoms with E-state index in [2.05, 4.69) is 13.8 Å². The maximum atomic E-state index is 10.4. The number of rotatable bonds is 7. The maximum absolute atomic E-state index is 10.4. The molecule has 0 radical (unpaired) electrons. The molecular formula is C9H20O4S. The fraction of sp³-hybridized carbons (Fsp3) is 1.00. The van der Waals surface area contributed by atoms with Crippen molar-refractivity contribution in [3.63, 3.8) is 0 Å². The second-order valence-corrected chi connectivity index (χ2v) is 5.58. The summed E-state index contributed by atoms with van der Waals surface area (Å²) in [4.78, 5) is 0. The molecule has 0 aliphatic carbocycles. The van der Waals surface area contributed by atoms with Crippen LogP contribution in [0.15, 0.2) is 0 Å². The average Bonchev–Trinajstić information content (AvgIpc) is 1.94. The van der Waals surface area contributed by atoms with Gasteiger partial charge in [0.2, 0.25) is 0 Å². The Hall–Kier alpha value is -0.130. The summed E-state index contributed by atoms with van der Waals surface area (Å²) >= 11 is 0. The Balaban J connectivity index is 3.50. The van der Waals surface area contributed by atoms with Crippen LogP contribution in [0.2, 0.25) is 0 Å². The lowest BCUT2D eigenvalue weighted by molar-refractivity contribution is 0.180. The number of hydrogen-bond donors (Lipinski definition) is 2. The Morgan fingerprint density at radius 1 is 1.14 bits per heavy atom. The summed E-state index contributed by atoms with van der Waals surface area (Å²) < 4.78 is 29.2. The molecule has 2 N–H and O–H groups in total. The zero-order chi connectivity index (χ0) is 11.2. The van der Waals surface area contributed by atoms with Gasteiger partial charge in [0.25, 0.3) is 10.1 Å². The topological polar surface area (TPSA) is 74.6 Å². The summed E-state index contributed by atoms with van der Waals surface area (Å²) in [6, 6.07) is 0. The Kier molecular flexibility index (Phi) is 6.31. The maximum Gasteiger partial charge on any atom is 0.267 e. The zero-order valence-corrected chi connectivity index (χ0v) is 9.63. The van der Waals surface area contributed by atoms with Gasteiger partial charge in [-0.1, -0.05) is 33.1 Å². The Labute approximate surface area is 86.1 Å². The van der Waals surface area contributed by atoms with Gasteiger partial charge in [-0.05, 0) is 12.3 Å². The van der Waals surface area contributed by atoms with Gasteiger partial charge in [0, 0.05) is 0 Å². The summed E-state index contributed by atoms with van der Waals surface area (Å²) in [6.07, 6.45) is 2.37. The van der Waals surface area contributed by atoms with Gasteiger partial charge in [-0.3, -0.25) is 4.55 Å². The molecule has 0 aromatic carbocycles. The number of unbranched alkanes of at least 4 members (excludes halogenated alkanes) is 1. The van der Waals surface area contributed by atoms with Crippen molar-refractivity contribution in [2.75, 3.05) is 5.75 Å². The molecule has 0 bridgehead atoms. The first-order valence-corrected chi connectivity index (χ1v) is 6.55. The lowest BCUT2D eigenvalue weighted by Crippen LogP contribution is -2.19. The van der Waals surface area contributed by atoms with E-state index < -0.39 is 22.0 Å². The third-order valence-corrected chi connectivity index (χ3v) is 2.78. The van der Waals surface area contributed by atoms with E-state index in [0.29, 0.717) is 12.3 Å². The second kappa shape index (κ2) is 6.37. The van der Waals surface area contributed by atoms with Crippen molar-refractivity contribution in [1.82, 2.24) is 0 Å². The van der Waals surface area contributed by atoms with Gasteiger partial charge in [-0.25, -0.2) is 0 Å². The molecule has 0 aromatic rings. The number of aliphatic hydroxyl groups is 1. The van der Waals surface area contributed by atoms with E-state index in [9.17, 15) is 13.5 Å². The van der Waals surface area contributed by atoms with Gasteiger partial charge >= 0.3 is 0 Å². The van der Waals surface area contributed by atoms with Crippen LogP contribution in [0.1, 0.15) is 39.5 Å². The van der Waals surface area contributed by atoms with E-state index in [0.717, 1.165) is 19.3 Å². The molecule has 1 atom stereocenters. The highest BCUT2D eigenvalue weighted by molar-refractivity contribution is 7.85. The molecule has 0 spiro atoms. The first kappa shape index (κ1) is 13.9. The molecule has 14 heavy (non-hydrogen) atoms. The van der Waals surface area contributed by atoms with Crippen LogP contribution in [0.4, 0.5) is 0 Å². The highest BCUT2D eigenvalue weighted by atomic mass is 32.2. The zero-order valence-electron chi connectivity index (χ0n) is 8.81. The smallest absolute Gasteiger partial charge is 0.267 e. The summed E-state index contributed by atoms with van der Waals surface area (Å²) in [5.74, 6) is 0.0861. The van der Waals surface area contributed by atoms with E-state index in [-0.39, 0.29) is 0 Å². The SMILES string of the molecule is CC(C)CCCCC(O)CS(=O)(=O)O. The summed E-state index contributed by atoms with van der Waals surface area (Å²) in [6.45, 7) is 4.24. The van der Waals surface area contributed by atoms with E-state index in [1.54, 1.807) is 0 Å². The Bertz CT molecular complexity index is 233. The molecule has 0 amide bonds. The molecular weight excluding hydrogens is 204 g/mol. The van der Waals surface area contributed by atoms with Crippen molar-refractivity contribution in [2.45, 2.75) is 45.6 Å². The van der Waals surface area contributed by atoms with Crippen molar-refractivity contribution in [3.05, 3.63) is 0 Å². The third-order valence-electron chi connectivity index (χ3n) is 1.97. The molecule has 0 saturated heterocycles. The quantitative estimate of drug-likeness (QED) is 0.507. The average molecular weight is 224 g/mol. The molecule has 5 heteroatoms. The third kappa shape index (κ3) is 9.95. The molecule has 0 aliphatic heterocycles. The van der Waals surface area contributed by atoms with Gasteiger partial charge in [-0.2, -0.15) is 8.42 Å². The molecule has 0 rings (SSSR count). The largest absolute Gasteiger partial charge is 0.392 e. The van der Waals surface area contributed by atoms with Crippen LogP contribution < -0.4 is 0 Å². The first-order chi connectivity index (χ1) is 6.31. The van der Waals surface area contributed by atoms with Gasteiger partial charge in [0.1, 0.15) is 5.75 Å². The predicted molar refractivity (Wildman–Crippen MR) is 55.7 cm³/mol. The molecule has 0 saturated carbocycles. The van der Waals surface area contributed by atoms with Crippen molar-refractivity contribution < 1.29 is 18.1 Å². The van der Waals surface area contributed by atoms with E-state index in [4.69, 9.17) is 4.55 Å². The fourth-order valence-electron chi connectivity index (χ4n) is 1.26. The Morgan fingerprint density at radius 2 is 1.64 bits per heavy atom. The van der Waals surface area contributed by atoms with Crippen molar-refractivity contribution in [3.8, 4) is 0 Å². The van der Waals surface area contributed by atoms with Crippen molar-refractivity contribution in [1.29, 1.82) is 0 Å². The minimum absolute atomic E-state index is 0.437. The molecule has 4 nitrogen and oxygen atoms in total. The van der Waals surface area contributed by atoms with Gasteiger partial charge in [-0.15, -0.1) is 0 Å². The highest BCUT2D eigenvalue weighted by Gasteiger charge is 2.13. The molecule has 0 aliphatic rings. The normalized spacial score (nSPS) is 14.6. The van der Waals surface area contributed by atoms with E-state index >= 15 is 0 Å². The lowest BCUT2D eigenvalue weighted by Gasteiger charge is -2.08. The fourth-order valence-corrected chi connectivity index (χ4v) is 1.91. The van der Waals surface area contributed by atoms with Gasteiger partial charge in [0.05, 0.1) is 6.10 Å². The number of hydrogen-bond acceptors (Lipinski definition) is 3. The standard InChI is InChI=1S/C9H20O4S/c1-8(2)5-3-4-6-9(10)7-14(11,12)13/h8-10H,3-7H2,1-2H3,(H,11,12,13). The molecule has 86 valence electrons. The second-order valence-electron chi connectivity index (χ2n) is 4.08. The summed E-state index contributed by atoms with van der Waals surface area (Å²) in [5.41, 5.74) is 0. The predicted octanol–water partition coefficient (Wildman–Crippen LogP) is 1.45. The van der Waals surface area contributed by atoms with Gasteiger partial charge < -0.3 is 5.11 Å². The van der Waals surface area contributed by atoms with Crippen LogP contribution >= 0.6 is 0 Å². The van der Waals surface area contributed by atoms with Crippen LogP contribution in [0, 0.1) is 5.92 Å². The minimum Gasteiger partial charge on any atom is -0.392 e. The highest BCUT2D eigenvalue weighted by Crippen LogP contribution is 2.10. The molecule has 0 heterocycles. The summed E-state index contributed by atoms with van der Waals surface area (Å²) in [5, 5.41) is 9.21. The van der Waals surface area contributed by atoms with Crippen LogP contribution in [-0.4, -0.2) is 29.9 Å². The molecule has 0 aromatic heterocycles. The first-order valence-electron chi connectivity index (χ1n) is 4.94. The van der Waals surface area contributed by atoms with Crippen molar-refractivity contribution >= 4 is 10.1 Å². The molecule has 1 unspecified atom stereocenters. The van der Waals surface area contributed by atoms with Crippen LogP contribution in [0.3, 0.4) is 0 Å². The van der Waals surface area contributed by atoms with Crippen LogP contribution in [0.5, 0.6) is 0 Å². The van der Waals surface area contributed by atoms with E-state index in [1.165, 1.54) is 0 Å². The minimum atomic E-state index is -4.03.